The molecule has 1 aromatic carbocycles. The Balaban J connectivity index is 2.74. The molecule has 1 heterocycles. The Kier molecular flexibility index (Phi) is 2.68. The summed E-state index contributed by atoms with van der Waals surface area (Å²) in [7, 11) is 1.51. The van der Waals surface area contributed by atoms with Crippen LogP contribution in [-0.4, -0.2) is 14.9 Å². The third kappa shape index (κ3) is 1.87. The van der Waals surface area contributed by atoms with E-state index in [1.165, 1.54) is 24.0 Å². The maximum atomic E-state index is 12.9. The molecule has 0 atom stereocenters. The topological polar surface area (TPSA) is 64.1 Å². The summed E-state index contributed by atoms with van der Waals surface area (Å²) < 4.78 is 39.9. The molecule has 0 spiro atoms. The fourth-order valence-corrected chi connectivity index (χ4v) is 1.70. The molecule has 96 valence electrons. The van der Waals surface area contributed by atoms with Crippen LogP contribution in [0, 0.1) is 0 Å². The molecule has 0 amide bonds. The number of halogens is 3. The van der Waals surface area contributed by atoms with Crippen molar-refractivity contribution in [1.29, 1.82) is 0 Å². The molecular formula is C11H10F3N3O. The van der Waals surface area contributed by atoms with Gasteiger partial charge >= 0.3 is 6.18 Å². The Bertz CT molecular complexity index is 590. The molecule has 0 unspecified atom stereocenters. The van der Waals surface area contributed by atoms with E-state index in [9.17, 15) is 18.3 Å². The molecule has 18 heavy (non-hydrogen) atoms. The van der Waals surface area contributed by atoms with Crippen molar-refractivity contribution in [2.24, 2.45) is 7.05 Å². The summed E-state index contributed by atoms with van der Waals surface area (Å²) in [5.41, 5.74) is 4.40. The summed E-state index contributed by atoms with van der Waals surface area (Å²) in [6.45, 7) is 0. The number of alkyl halides is 3. The first-order chi connectivity index (χ1) is 8.32. The molecule has 1 aromatic heterocycles. The normalized spacial score (nSPS) is 11.8. The number of nitrogens with two attached hydrogens (primary N) is 1. The molecule has 0 aliphatic heterocycles. The van der Waals surface area contributed by atoms with Gasteiger partial charge in [-0.1, -0.05) is 6.07 Å². The van der Waals surface area contributed by atoms with Gasteiger partial charge in [0.25, 0.3) is 0 Å². The van der Waals surface area contributed by atoms with E-state index >= 15 is 0 Å². The van der Waals surface area contributed by atoms with Crippen LogP contribution in [0.4, 0.5) is 19.0 Å². The van der Waals surface area contributed by atoms with Gasteiger partial charge in [0.1, 0.15) is 11.6 Å². The van der Waals surface area contributed by atoms with E-state index in [4.69, 9.17) is 5.73 Å². The number of aromatic nitrogens is 2. The van der Waals surface area contributed by atoms with Gasteiger partial charge < -0.3 is 10.8 Å². The van der Waals surface area contributed by atoms with Crippen LogP contribution in [0.25, 0.3) is 11.1 Å². The highest BCUT2D eigenvalue weighted by Gasteiger charge is 2.35. The monoisotopic (exact) mass is 257 g/mol. The van der Waals surface area contributed by atoms with Crippen molar-refractivity contribution in [2.45, 2.75) is 6.18 Å². The molecule has 0 aliphatic rings. The van der Waals surface area contributed by atoms with Crippen molar-refractivity contribution < 1.29 is 18.3 Å². The lowest BCUT2D eigenvalue weighted by atomic mass is 10.00. The van der Waals surface area contributed by atoms with E-state index in [1.54, 1.807) is 0 Å². The van der Waals surface area contributed by atoms with Gasteiger partial charge in [0, 0.05) is 18.2 Å². The van der Waals surface area contributed by atoms with Crippen molar-refractivity contribution in [3.63, 3.8) is 0 Å². The molecule has 2 aromatic rings. The lowest BCUT2D eigenvalue weighted by Gasteiger charge is -2.13. The molecule has 0 fully saturated rings. The number of nitrogens with zero attached hydrogens (tertiary/aromatic N) is 2. The molecular weight excluding hydrogens is 247 g/mol. The largest absolute Gasteiger partial charge is 0.507 e. The second kappa shape index (κ2) is 3.94. The van der Waals surface area contributed by atoms with Crippen molar-refractivity contribution in [2.75, 3.05) is 5.73 Å². The van der Waals surface area contributed by atoms with Crippen molar-refractivity contribution in [3.05, 3.63) is 30.0 Å². The van der Waals surface area contributed by atoms with Gasteiger partial charge in [0.15, 0.2) is 0 Å². The fourth-order valence-electron chi connectivity index (χ4n) is 1.70. The zero-order chi connectivity index (χ0) is 13.5. The average molecular weight is 257 g/mol. The summed E-state index contributed by atoms with van der Waals surface area (Å²) in [5.74, 6) is -0.425. The Hall–Kier alpha value is -2.18. The molecule has 0 saturated carbocycles. The van der Waals surface area contributed by atoms with Gasteiger partial charge in [-0.15, -0.1) is 0 Å². The summed E-state index contributed by atoms with van der Waals surface area (Å²) in [6, 6.07) is 3.20. The Morgan fingerprint density at radius 1 is 1.33 bits per heavy atom. The number of phenolic OH excluding ortho intramolecular Hbond substituents is 1. The van der Waals surface area contributed by atoms with E-state index in [2.05, 4.69) is 5.10 Å². The smallest absolute Gasteiger partial charge is 0.417 e. The number of anilines is 1. The molecule has 0 bridgehead atoms. The highest BCUT2D eigenvalue weighted by Crippen LogP contribution is 2.43. The average Bonchev–Trinajstić information content (AvgIpc) is 2.59. The van der Waals surface area contributed by atoms with Crippen LogP contribution in [0.3, 0.4) is 0 Å². The molecule has 0 saturated heterocycles. The minimum atomic E-state index is -4.57. The van der Waals surface area contributed by atoms with Crippen molar-refractivity contribution in [3.8, 4) is 16.9 Å². The number of aromatic hydroxyl groups is 1. The number of phenols is 1. The van der Waals surface area contributed by atoms with Gasteiger partial charge in [-0.25, -0.2) is 0 Å². The van der Waals surface area contributed by atoms with Gasteiger partial charge in [-0.2, -0.15) is 18.3 Å². The quantitative estimate of drug-likeness (QED) is 0.824. The summed E-state index contributed by atoms with van der Waals surface area (Å²) in [4.78, 5) is 0. The highest BCUT2D eigenvalue weighted by atomic mass is 19.4. The number of hydrogen-bond acceptors (Lipinski definition) is 3. The Labute approximate surface area is 100 Å². The fraction of sp³-hybridized carbons (Fsp3) is 0.182. The third-order valence-electron chi connectivity index (χ3n) is 2.60. The van der Waals surface area contributed by atoms with Crippen LogP contribution in [0.2, 0.25) is 0 Å². The predicted molar refractivity (Wildman–Crippen MR) is 59.7 cm³/mol. The van der Waals surface area contributed by atoms with Gasteiger partial charge in [-0.05, 0) is 12.1 Å². The first-order valence-electron chi connectivity index (χ1n) is 4.99. The first-order valence-corrected chi connectivity index (χ1v) is 4.99. The predicted octanol–water partition coefficient (Wildman–Crippen LogP) is 2.39. The number of nitrogen functional groups attached to an aromatic ring is 1. The lowest BCUT2D eigenvalue weighted by Crippen LogP contribution is -2.08. The number of aryl methyl sites for hydroxylation is 1. The number of hydrogen-bond donors (Lipinski definition) is 2. The summed E-state index contributed by atoms with van der Waals surface area (Å²) >= 11 is 0. The second-order valence-electron chi connectivity index (χ2n) is 3.76. The minimum Gasteiger partial charge on any atom is -0.507 e. The van der Waals surface area contributed by atoms with Gasteiger partial charge in [0.2, 0.25) is 0 Å². The maximum Gasteiger partial charge on any atom is 0.417 e. The molecule has 0 radical (unpaired) electrons. The van der Waals surface area contributed by atoms with Crippen LogP contribution < -0.4 is 5.73 Å². The Morgan fingerprint density at radius 3 is 2.50 bits per heavy atom. The van der Waals surface area contributed by atoms with Gasteiger partial charge in [-0.3, -0.25) is 4.68 Å². The van der Waals surface area contributed by atoms with E-state index in [-0.39, 0.29) is 16.9 Å². The van der Waals surface area contributed by atoms with E-state index < -0.39 is 17.5 Å². The minimum absolute atomic E-state index is 0.0574. The summed E-state index contributed by atoms with van der Waals surface area (Å²) in [5, 5.41) is 13.4. The molecule has 0 aliphatic carbocycles. The second-order valence-corrected chi connectivity index (χ2v) is 3.76. The van der Waals surface area contributed by atoms with Crippen molar-refractivity contribution >= 4 is 5.82 Å². The van der Waals surface area contributed by atoms with Crippen molar-refractivity contribution in [1.82, 2.24) is 9.78 Å². The van der Waals surface area contributed by atoms with E-state index in [0.717, 1.165) is 12.1 Å². The van der Waals surface area contributed by atoms with Crippen LogP contribution in [0.5, 0.6) is 5.75 Å². The van der Waals surface area contributed by atoms with E-state index in [0.29, 0.717) is 0 Å². The third-order valence-corrected chi connectivity index (χ3v) is 2.60. The Morgan fingerprint density at radius 2 is 2.00 bits per heavy atom. The molecule has 4 nitrogen and oxygen atoms in total. The zero-order valence-corrected chi connectivity index (χ0v) is 9.36. The van der Waals surface area contributed by atoms with Crippen LogP contribution in [-0.2, 0) is 13.2 Å². The number of rotatable bonds is 1. The van der Waals surface area contributed by atoms with Crippen LogP contribution in [0.15, 0.2) is 24.4 Å². The highest BCUT2D eigenvalue weighted by molar-refractivity contribution is 5.81. The molecule has 7 heteroatoms. The number of benzene rings is 1. The standard InChI is InChI=1S/C11H10F3N3O/c1-17-10(15)6(5-16-17)9-7(11(12,13)14)3-2-4-8(9)18/h2-5,18H,15H2,1H3. The molecule has 2 rings (SSSR count). The maximum absolute atomic E-state index is 12.9. The molecule has 3 N–H and O–H groups in total. The van der Waals surface area contributed by atoms with Crippen LogP contribution >= 0.6 is 0 Å². The summed E-state index contributed by atoms with van der Waals surface area (Å²) in [6.07, 6.45) is -3.38. The van der Waals surface area contributed by atoms with Crippen LogP contribution in [0.1, 0.15) is 5.56 Å². The lowest BCUT2D eigenvalue weighted by molar-refractivity contribution is -0.137. The van der Waals surface area contributed by atoms with E-state index in [1.807, 2.05) is 0 Å². The zero-order valence-electron chi connectivity index (χ0n) is 9.36. The van der Waals surface area contributed by atoms with Gasteiger partial charge in [0.05, 0.1) is 11.8 Å². The SMILES string of the molecule is Cn1ncc(-c2c(O)cccc2C(F)(F)F)c1N. The first kappa shape index (κ1) is 12.3.